The lowest BCUT2D eigenvalue weighted by Gasteiger charge is -2.25. The Balaban J connectivity index is 1.93. The smallest absolute Gasteiger partial charge is 0.300 e. The first-order valence-electron chi connectivity index (χ1n) is 9.26. The van der Waals surface area contributed by atoms with E-state index in [4.69, 9.17) is 11.6 Å². The predicted octanol–water partition coefficient (Wildman–Crippen LogP) is 5.41. The van der Waals surface area contributed by atoms with Gasteiger partial charge < -0.3 is 5.11 Å². The molecule has 4 nitrogen and oxygen atoms in total. The molecular weight excluding hydrogens is 405 g/mol. The number of aliphatic hydroxyl groups excluding tert-OH is 1. The average Bonchev–Trinajstić information content (AvgIpc) is 3.00. The molecule has 0 spiro atoms. The minimum atomic E-state index is -0.881. The minimum Gasteiger partial charge on any atom is -0.507 e. The van der Waals surface area contributed by atoms with Gasteiger partial charge in [-0.25, -0.2) is 4.39 Å². The highest BCUT2D eigenvalue weighted by molar-refractivity contribution is 6.51. The van der Waals surface area contributed by atoms with Gasteiger partial charge in [-0.3, -0.25) is 14.5 Å². The quantitative estimate of drug-likeness (QED) is 0.349. The topological polar surface area (TPSA) is 57.6 Å². The van der Waals surface area contributed by atoms with Crippen molar-refractivity contribution in [2.75, 3.05) is 4.90 Å². The Bertz CT molecular complexity index is 1150. The highest BCUT2D eigenvalue weighted by Gasteiger charge is 2.46. The zero-order chi connectivity index (χ0) is 21.4. The fourth-order valence-corrected chi connectivity index (χ4v) is 3.65. The standard InChI is InChI=1S/C24H17ClFNO3/c1-14-2-4-16(5-3-14)22(28)20-21(15-6-8-17(25)9-7-15)27(24(30)23(20)29)19-12-10-18(26)11-13-19/h2-13,21,28H,1H3/b22-20+. The lowest BCUT2D eigenvalue weighted by molar-refractivity contribution is -0.132. The molecule has 0 saturated carbocycles. The van der Waals surface area contributed by atoms with E-state index in [9.17, 15) is 19.1 Å². The number of hydrogen-bond acceptors (Lipinski definition) is 3. The molecule has 1 fully saturated rings. The number of rotatable bonds is 3. The van der Waals surface area contributed by atoms with E-state index in [0.717, 1.165) is 5.56 Å². The third-order valence-corrected chi connectivity index (χ3v) is 5.31. The van der Waals surface area contributed by atoms with Gasteiger partial charge in [0, 0.05) is 16.3 Å². The predicted molar refractivity (Wildman–Crippen MR) is 114 cm³/mol. The van der Waals surface area contributed by atoms with E-state index >= 15 is 0 Å². The third kappa shape index (κ3) is 3.48. The van der Waals surface area contributed by atoms with Crippen molar-refractivity contribution >= 4 is 34.7 Å². The van der Waals surface area contributed by atoms with Crippen LogP contribution in [0.5, 0.6) is 0 Å². The summed E-state index contributed by atoms with van der Waals surface area (Å²) in [5.41, 5.74) is 2.33. The van der Waals surface area contributed by atoms with Crippen molar-refractivity contribution in [2.45, 2.75) is 13.0 Å². The normalized spacial score (nSPS) is 18.1. The van der Waals surface area contributed by atoms with Crippen LogP contribution in [-0.4, -0.2) is 16.8 Å². The lowest BCUT2D eigenvalue weighted by Crippen LogP contribution is -2.29. The van der Waals surface area contributed by atoms with Crippen LogP contribution < -0.4 is 4.90 Å². The molecule has 1 aliphatic rings. The number of anilines is 1. The fourth-order valence-electron chi connectivity index (χ4n) is 3.53. The van der Waals surface area contributed by atoms with Crippen LogP contribution in [0.2, 0.25) is 5.02 Å². The van der Waals surface area contributed by atoms with Crippen molar-refractivity contribution in [2.24, 2.45) is 0 Å². The SMILES string of the molecule is Cc1ccc(/C(O)=C2\C(=O)C(=O)N(c3ccc(F)cc3)C2c2ccc(Cl)cc2)cc1. The van der Waals surface area contributed by atoms with Gasteiger partial charge in [0.25, 0.3) is 11.7 Å². The molecule has 1 N–H and O–H groups in total. The Morgan fingerprint density at radius 3 is 2.13 bits per heavy atom. The second-order valence-corrected chi connectivity index (χ2v) is 7.50. The van der Waals surface area contributed by atoms with Crippen LogP contribution in [0, 0.1) is 12.7 Å². The number of benzene rings is 3. The molecule has 1 aliphatic heterocycles. The monoisotopic (exact) mass is 421 g/mol. The van der Waals surface area contributed by atoms with E-state index in [0.29, 0.717) is 21.8 Å². The number of carbonyl (C=O) groups excluding carboxylic acids is 2. The molecule has 1 heterocycles. The molecular formula is C24H17ClFNO3. The van der Waals surface area contributed by atoms with Crippen LogP contribution in [0.1, 0.15) is 22.7 Å². The average molecular weight is 422 g/mol. The summed E-state index contributed by atoms with van der Waals surface area (Å²) >= 11 is 6.01. The highest BCUT2D eigenvalue weighted by atomic mass is 35.5. The number of halogens is 2. The van der Waals surface area contributed by atoms with Gasteiger partial charge in [0.05, 0.1) is 11.6 Å². The minimum absolute atomic E-state index is 0.0319. The van der Waals surface area contributed by atoms with E-state index in [1.165, 1.54) is 29.2 Å². The van der Waals surface area contributed by atoms with Crippen LogP contribution in [0.25, 0.3) is 5.76 Å². The zero-order valence-corrected chi connectivity index (χ0v) is 16.7. The molecule has 1 unspecified atom stereocenters. The van der Waals surface area contributed by atoms with Crippen LogP contribution in [0.3, 0.4) is 0 Å². The molecule has 150 valence electrons. The number of amides is 1. The largest absolute Gasteiger partial charge is 0.507 e. The number of nitrogens with zero attached hydrogens (tertiary/aromatic N) is 1. The number of Topliss-reactive ketones (excluding diaryl/α,β-unsaturated/α-hetero) is 1. The Hall–Kier alpha value is -3.44. The van der Waals surface area contributed by atoms with Crippen molar-refractivity contribution in [3.8, 4) is 0 Å². The van der Waals surface area contributed by atoms with Gasteiger partial charge in [-0.2, -0.15) is 0 Å². The molecule has 0 radical (unpaired) electrons. The van der Waals surface area contributed by atoms with Gasteiger partial charge in [0.1, 0.15) is 11.6 Å². The highest BCUT2D eigenvalue weighted by Crippen LogP contribution is 2.42. The van der Waals surface area contributed by atoms with Crippen molar-refractivity contribution in [3.63, 3.8) is 0 Å². The first-order valence-corrected chi connectivity index (χ1v) is 9.63. The molecule has 4 rings (SSSR count). The second-order valence-electron chi connectivity index (χ2n) is 7.06. The maximum absolute atomic E-state index is 13.4. The Morgan fingerprint density at radius 1 is 0.933 bits per heavy atom. The Labute approximate surface area is 177 Å². The summed E-state index contributed by atoms with van der Waals surface area (Å²) in [6.45, 7) is 1.91. The van der Waals surface area contributed by atoms with E-state index in [1.807, 2.05) is 19.1 Å². The van der Waals surface area contributed by atoms with Crippen LogP contribution >= 0.6 is 11.6 Å². The van der Waals surface area contributed by atoms with Crippen LogP contribution in [0.15, 0.2) is 78.4 Å². The first kappa shape index (κ1) is 19.9. The first-order chi connectivity index (χ1) is 14.4. The molecule has 6 heteroatoms. The molecule has 0 aliphatic carbocycles. The zero-order valence-electron chi connectivity index (χ0n) is 16.0. The number of hydrogen-bond donors (Lipinski definition) is 1. The van der Waals surface area contributed by atoms with Crippen molar-refractivity contribution in [3.05, 3.63) is 106 Å². The summed E-state index contributed by atoms with van der Waals surface area (Å²) in [6.07, 6.45) is 0. The van der Waals surface area contributed by atoms with E-state index < -0.39 is 23.5 Å². The van der Waals surface area contributed by atoms with Gasteiger partial charge in [-0.1, -0.05) is 53.6 Å². The molecule has 1 amide bonds. The van der Waals surface area contributed by atoms with Gasteiger partial charge >= 0.3 is 0 Å². The summed E-state index contributed by atoms with van der Waals surface area (Å²) in [4.78, 5) is 27.2. The van der Waals surface area contributed by atoms with Gasteiger partial charge in [-0.15, -0.1) is 0 Å². The summed E-state index contributed by atoms with van der Waals surface area (Å²) < 4.78 is 13.4. The maximum Gasteiger partial charge on any atom is 0.300 e. The summed E-state index contributed by atoms with van der Waals surface area (Å²) in [6, 6.07) is 18.1. The maximum atomic E-state index is 13.4. The number of ketones is 1. The van der Waals surface area contributed by atoms with E-state index in [1.54, 1.807) is 36.4 Å². The second kappa shape index (κ2) is 7.76. The molecule has 0 aromatic heterocycles. The van der Waals surface area contributed by atoms with Crippen molar-refractivity contribution in [1.29, 1.82) is 0 Å². The number of aliphatic hydroxyl groups is 1. The molecule has 3 aromatic carbocycles. The van der Waals surface area contributed by atoms with Crippen molar-refractivity contribution < 1.29 is 19.1 Å². The summed E-state index contributed by atoms with van der Waals surface area (Å²) in [5, 5.41) is 11.5. The van der Waals surface area contributed by atoms with Gasteiger partial charge in [0.15, 0.2) is 0 Å². The molecule has 0 bridgehead atoms. The summed E-state index contributed by atoms with van der Waals surface area (Å²) in [5.74, 6) is -2.33. The molecule has 3 aromatic rings. The fraction of sp³-hybridized carbons (Fsp3) is 0.0833. The molecule has 30 heavy (non-hydrogen) atoms. The van der Waals surface area contributed by atoms with E-state index in [-0.39, 0.29) is 11.3 Å². The third-order valence-electron chi connectivity index (χ3n) is 5.06. The Morgan fingerprint density at radius 2 is 1.53 bits per heavy atom. The van der Waals surface area contributed by atoms with Crippen molar-refractivity contribution in [1.82, 2.24) is 0 Å². The number of carbonyl (C=O) groups is 2. The molecule has 1 saturated heterocycles. The van der Waals surface area contributed by atoms with Gasteiger partial charge in [-0.05, 0) is 48.9 Å². The van der Waals surface area contributed by atoms with Gasteiger partial charge in [0.2, 0.25) is 0 Å². The number of aryl methyl sites for hydroxylation is 1. The lowest BCUT2D eigenvalue weighted by atomic mass is 9.95. The van der Waals surface area contributed by atoms with Crippen LogP contribution in [-0.2, 0) is 9.59 Å². The van der Waals surface area contributed by atoms with E-state index in [2.05, 4.69) is 0 Å². The Kier molecular flexibility index (Phi) is 5.14. The van der Waals surface area contributed by atoms with Crippen LogP contribution in [0.4, 0.5) is 10.1 Å². The molecule has 1 atom stereocenters. The summed E-state index contributed by atoms with van der Waals surface area (Å²) in [7, 11) is 0.